The minimum atomic E-state index is -0.561. The van der Waals surface area contributed by atoms with Gasteiger partial charge in [-0.1, -0.05) is 12.1 Å². The summed E-state index contributed by atoms with van der Waals surface area (Å²) in [4.78, 5) is 21.3. The third-order valence-corrected chi connectivity index (χ3v) is 5.39. The Balaban J connectivity index is 1.26. The molecule has 154 valence electrons. The molecule has 0 spiro atoms. The average molecular weight is 414 g/mol. The van der Waals surface area contributed by atoms with Crippen molar-refractivity contribution < 1.29 is 9.18 Å². The maximum absolute atomic E-state index is 13.2. The Morgan fingerprint density at radius 1 is 1.00 bits per heavy atom. The zero-order valence-corrected chi connectivity index (χ0v) is 16.5. The highest BCUT2D eigenvalue weighted by Gasteiger charge is 2.51. The van der Waals surface area contributed by atoms with Crippen molar-refractivity contribution >= 4 is 23.1 Å². The summed E-state index contributed by atoms with van der Waals surface area (Å²) in [5, 5.41) is 10.4. The standard InChI is InChI=1S/C23H19FN6O/c24-17-4-2-16(3-5-17)23(10-11-23)22(31)29-19-8-6-18(7-9-19)28-20-14-21(26-15-25-20)30-13-1-12-27-30/h1-9,12-15H,10-11H2,(H,29,31)(H,25,26,28). The molecule has 7 nitrogen and oxygen atoms in total. The summed E-state index contributed by atoms with van der Waals surface area (Å²) in [6, 6.07) is 17.2. The fourth-order valence-electron chi connectivity index (χ4n) is 3.52. The lowest BCUT2D eigenvalue weighted by Crippen LogP contribution is -2.27. The molecule has 0 saturated heterocycles. The molecule has 2 N–H and O–H groups in total. The Kier molecular flexibility index (Phi) is 4.66. The first-order valence-electron chi connectivity index (χ1n) is 9.89. The Morgan fingerprint density at radius 2 is 1.74 bits per heavy atom. The molecule has 0 unspecified atom stereocenters. The fourth-order valence-corrected chi connectivity index (χ4v) is 3.52. The Labute approximate surface area is 178 Å². The number of hydrogen-bond acceptors (Lipinski definition) is 5. The van der Waals surface area contributed by atoms with Crippen LogP contribution in [0.5, 0.6) is 0 Å². The minimum Gasteiger partial charge on any atom is -0.340 e. The number of rotatable bonds is 6. The van der Waals surface area contributed by atoms with Gasteiger partial charge in [0.15, 0.2) is 5.82 Å². The maximum Gasteiger partial charge on any atom is 0.235 e. The van der Waals surface area contributed by atoms with Gasteiger partial charge in [-0.25, -0.2) is 19.0 Å². The molecule has 2 aromatic carbocycles. The molecule has 31 heavy (non-hydrogen) atoms. The molecular formula is C23H19FN6O. The number of carbonyl (C=O) groups is 1. The van der Waals surface area contributed by atoms with Gasteiger partial charge in [0.2, 0.25) is 5.91 Å². The lowest BCUT2D eigenvalue weighted by molar-refractivity contribution is -0.118. The first-order valence-corrected chi connectivity index (χ1v) is 9.89. The average Bonchev–Trinajstić information content (AvgIpc) is 3.42. The van der Waals surface area contributed by atoms with Crippen LogP contribution in [0, 0.1) is 5.82 Å². The zero-order chi connectivity index (χ0) is 21.3. The lowest BCUT2D eigenvalue weighted by atomic mass is 9.95. The number of hydrogen-bond donors (Lipinski definition) is 2. The van der Waals surface area contributed by atoms with Gasteiger partial charge >= 0.3 is 0 Å². The molecule has 0 bridgehead atoms. The van der Waals surface area contributed by atoms with Crippen LogP contribution in [0.2, 0.25) is 0 Å². The van der Waals surface area contributed by atoms with E-state index in [1.807, 2.05) is 36.5 Å². The molecular weight excluding hydrogens is 395 g/mol. The Hall–Kier alpha value is -4.07. The van der Waals surface area contributed by atoms with Gasteiger partial charge in [0.1, 0.15) is 18.0 Å². The highest BCUT2D eigenvalue weighted by Crippen LogP contribution is 2.49. The van der Waals surface area contributed by atoms with Gasteiger partial charge in [0.25, 0.3) is 0 Å². The van der Waals surface area contributed by atoms with Gasteiger partial charge in [0, 0.05) is 29.8 Å². The topological polar surface area (TPSA) is 84.7 Å². The van der Waals surface area contributed by atoms with E-state index in [0.717, 1.165) is 24.1 Å². The van der Waals surface area contributed by atoms with E-state index in [1.165, 1.54) is 18.5 Å². The molecule has 1 aliphatic rings. The normalized spacial score (nSPS) is 14.1. The van der Waals surface area contributed by atoms with Gasteiger partial charge in [-0.2, -0.15) is 5.10 Å². The van der Waals surface area contributed by atoms with E-state index in [1.54, 1.807) is 29.1 Å². The SMILES string of the molecule is O=C(Nc1ccc(Nc2cc(-n3cccn3)ncn2)cc1)C1(c2ccc(F)cc2)CC1. The van der Waals surface area contributed by atoms with Gasteiger partial charge in [-0.05, 0) is 60.9 Å². The van der Waals surface area contributed by atoms with E-state index in [0.29, 0.717) is 17.3 Å². The molecule has 4 aromatic rings. The molecule has 0 atom stereocenters. The predicted molar refractivity (Wildman–Crippen MR) is 115 cm³/mol. The largest absolute Gasteiger partial charge is 0.340 e. The van der Waals surface area contributed by atoms with Crippen molar-refractivity contribution in [3.8, 4) is 5.82 Å². The van der Waals surface area contributed by atoms with E-state index >= 15 is 0 Å². The van der Waals surface area contributed by atoms with Gasteiger partial charge in [-0.15, -0.1) is 0 Å². The van der Waals surface area contributed by atoms with Crippen LogP contribution >= 0.6 is 0 Å². The molecule has 1 aliphatic carbocycles. The lowest BCUT2D eigenvalue weighted by Gasteiger charge is -2.16. The van der Waals surface area contributed by atoms with Crippen LogP contribution in [0.25, 0.3) is 5.82 Å². The molecule has 5 rings (SSSR count). The van der Waals surface area contributed by atoms with E-state index in [2.05, 4.69) is 25.7 Å². The highest BCUT2D eigenvalue weighted by molar-refractivity contribution is 6.01. The van der Waals surface area contributed by atoms with Crippen molar-refractivity contribution in [2.24, 2.45) is 0 Å². The second kappa shape index (κ2) is 7.64. The van der Waals surface area contributed by atoms with Crippen molar-refractivity contribution in [3.05, 3.63) is 90.8 Å². The monoisotopic (exact) mass is 414 g/mol. The van der Waals surface area contributed by atoms with Crippen LogP contribution in [-0.2, 0) is 10.2 Å². The van der Waals surface area contributed by atoms with Crippen molar-refractivity contribution in [1.29, 1.82) is 0 Å². The molecule has 2 heterocycles. The second-order valence-electron chi connectivity index (χ2n) is 7.46. The maximum atomic E-state index is 13.2. The van der Waals surface area contributed by atoms with E-state index in [4.69, 9.17) is 0 Å². The molecule has 0 aliphatic heterocycles. The van der Waals surface area contributed by atoms with E-state index < -0.39 is 5.41 Å². The summed E-state index contributed by atoms with van der Waals surface area (Å²) in [6.07, 6.45) is 6.48. The van der Waals surface area contributed by atoms with Crippen molar-refractivity contribution in [2.75, 3.05) is 10.6 Å². The van der Waals surface area contributed by atoms with Crippen LogP contribution in [0.1, 0.15) is 18.4 Å². The summed E-state index contributed by atoms with van der Waals surface area (Å²) in [5.41, 5.74) is 1.81. The van der Waals surface area contributed by atoms with Crippen molar-refractivity contribution in [1.82, 2.24) is 19.7 Å². The smallest absolute Gasteiger partial charge is 0.235 e. The predicted octanol–water partition coefficient (Wildman–Crippen LogP) is 4.22. The van der Waals surface area contributed by atoms with Gasteiger partial charge in [0.05, 0.1) is 5.41 Å². The van der Waals surface area contributed by atoms with E-state index in [-0.39, 0.29) is 11.7 Å². The Bertz CT molecular complexity index is 1200. The second-order valence-corrected chi connectivity index (χ2v) is 7.46. The van der Waals surface area contributed by atoms with Crippen LogP contribution in [-0.4, -0.2) is 25.7 Å². The number of aromatic nitrogens is 4. The summed E-state index contributed by atoms with van der Waals surface area (Å²) >= 11 is 0. The highest BCUT2D eigenvalue weighted by atomic mass is 19.1. The fraction of sp³-hybridized carbons (Fsp3) is 0.130. The van der Waals surface area contributed by atoms with Crippen LogP contribution in [0.4, 0.5) is 21.6 Å². The number of amides is 1. The van der Waals surface area contributed by atoms with Crippen LogP contribution < -0.4 is 10.6 Å². The number of carbonyl (C=O) groups excluding carboxylic acids is 1. The zero-order valence-electron chi connectivity index (χ0n) is 16.5. The quantitative estimate of drug-likeness (QED) is 0.494. The molecule has 1 saturated carbocycles. The number of nitrogens with zero attached hydrogens (tertiary/aromatic N) is 4. The van der Waals surface area contributed by atoms with Crippen LogP contribution in [0.3, 0.4) is 0 Å². The minimum absolute atomic E-state index is 0.0699. The molecule has 1 amide bonds. The molecule has 0 radical (unpaired) electrons. The van der Waals surface area contributed by atoms with Crippen molar-refractivity contribution in [3.63, 3.8) is 0 Å². The molecule has 1 fully saturated rings. The van der Waals surface area contributed by atoms with E-state index in [9.17, 15) is 9.18 Å². The Morgan fingerprint density at radius 3 is 2.42 bits per heavy atom. The van der Waals surface area contributed by atoms with Crippen molar-refractivity contribution in [2.45, 2.75) is 18.3 Å². The summed E-state index contributed by atoms with van der Waals surface area (Å²) in [6.45, 7) is 0. The summed E-state index contributed by atoms with van der Waals surface area (Å²) in [5.74, 6) is 0.912. The summed E-state index contributed by atoms with van der Waals surface area (Å²) < 4.78 is 14.9. The number of halogens is 1. The third-order valence-electron chi connectivity index (χ3n) is 5.39. The van der Waals surface area contributed by atoms with Crippen LogP contribution in [0.15, 0.2) is 79.4 Å². The number of benzene rings is 2. The number of nitrogens with one attached hydrogen (secondary N) is 2. The summed E-state index contributed by atoms with van der Waals surface area (Å²) in [7, 11) is 0. The number of anilines is 3. The third kappa shape index (κ3) is 3.87. The first kappa shape index (κ1) is 18.9. The molecule has 8 heteroatoms. The molecule has 2 aromatic heterocycles. The van der Waals surface area contributed by atoms with Gasteiger partial charge in [-0.3, -0.25) is 4.79 Å². The van der Waals surface area contributed by atoms with Gasteiger partial charge < -0.3 is 10.6 Å². The first-order chi connectivity index (χ1) is 15.1.